The second-order valence-corrected chi connectivity index (χ2v) is 5.49. The van der Waals surface area contributed by atoms with E-state index in [-0.39, 0.29) is 0 Å². The lowest BCUT2D eigenvalue weighted by Crippen LogP contribution is -2.27. The zero-order valence-corrected chi connectivity index (χ0v) is 13.3. The van der Waals surface area contributed by atoms with Crippen molar-refractivity contribution < 1.29 is 9.47 Å². The Hall–Kier alpha value is -1.22. The van der Waals surface area contributed by atoms with Gasteiger partial charge in [-0.1, -0.05) is 26.0 Å². The third-order valence-corrected chi connectivity index (χ3v) is 3.27. The number of rotatable bonds is 10. The summed E-state index contributed by atoms with van der Waals surface area (Å²) in [6.45, 7) is 7.91. The minimum absolute atomic E-state index is 0.584. The van der Waals surface area contributed by atoms with Gasteiger partial charge in [-0.2, -0.15) is 0 Å². The monoisotopic (exact) mass is 279 g/mol. The maximum absolute atomic E-state index is 5.84. The largest absolute Gasteiger partial charge is 0.490 e. The fourth-order valence-electron chi connectivity index (χ4n) is 2.31. The topological polar surface area (TPSA) is 30.5 Å². The second-order valence-electron chi connectivity index (χ2n) is 5.49. The Labute approximate surface area is 123 Å². The van der Waals surface area contributed by atoms with Gasteiger partial charge in [0.1, 0.15) is 0 Å². The molecule has 3 nitrogen and oxygen atoms in total. The number of hydrogen-bond donors (Lipinski definition) is 1. The van der Waals surface area contributed by atoms with Gasteiger partial charge >= 0.3 is 0 Å². The quantitative estimate of drug-likeness (QED) is 0.659. The Morgan fingerprint density at radius 1 is 1.10 bits per heavy atom. The van der Waals surface area contributed by atoms with Gasteiger partial charge < -0.3 is 14.8 Å². The van der Waals surface area contributed by atoms with Gasteiger partial charge in [0.15, 0.2) is 11.5 Å². The minimum Gasteiger partial charge on any atom is -0.490 e. The van der Waals surface area contributed by atoms with Crippen LogP contribution in [0.25, 0.3) is 0 Å². The molecule has 0 saturated carbocycles. The summed E-state index contributed by atoms with van der Waals surface area (Å²) in [5.74, 6) is 2.41. The van der Waals surface area contributed by atoms with Crippen molar-refractivity contribution in [2.75, 3.05) is 20.3 Å². The zero-order chi connectivity index (χ0) is 14.8. The van der Waals surface area contributed by atoms with Crippen molar-refractivity contribution in [3.8, 4) is 11.5 Å². The highest BCUT2D eigenvalue weighted by atomic mass is 16.5. The van der Waals surface area contributed by atoms with E-state index in [1.807, 2.05) is 38.2 Å². The van der Waals surface area contributed by atoms with Crippen molar-refractivity contribution in [1.82, 2.24) is 5.32 Å². The van der Waals surface area contributed by atoms with E-state index in [1.165, 1.54) is 6.42 Å². The van der Waals surface area contributed by atoms with Crippen LogP contribution in [0.3, 0.4) is 0 Å². The maximum Gasteiger partial charge on any atom is 0.161 e. The fourth-order valence-corrected chi connectivity index (χ4v) is 2.31. The van der Waals surface area contributed by atoms with Crippen LogP contribution in [0.2, 0.25) is 0 Å². The van der Waals surface area contributed by atoms with Crippen molar-refractivity contribution in [1.29, 1.82) is 0 Å². The molecule has 0 amide bonds. The average molecular weight is 279 g/mol. The maximum atomic E-state index is 5.84. The Balaban J connectivity index is 2.33. The smallest absolute Gasteiger partial charge is 0.161 e. The van der Waals surface area contributed by atoms with Gasteiger partial charge in [0.05, 0.1) is 13.2 Å². The molecule has 20 heavy (non-hydrogen) atoms. The van der Waals surface area contributed by atoms with Crippen LogP contribution in [0.4, 0.5) is 0 Å². The predicted molar refractivity (Wildman–Crippen MR) is 84.6 cm³/mol. The van der Waals surface area contributed by atoms with Crippen LogP contribution in [0.15, 0.2) is 24.3 Å². The van der Waals surface area contributed by atoms with Gasteiger partial charge in [0, 0.05) is 6.04 Å². The molecule has 1 aromatic rings. The van der Waals surface area contributed by atoms with E-state index in [0.29, 0.717) is 12.6 Å². The van der Waals surface area contributed by atoms with Crippen molar-refractivity contribution in [3.63, 3.8) is 0 Å². The normalized spacial score (nSPS) is 12.4. The molecule has 3 heteroatoms. The highest BCUT2D eigenvalue weighted by Gasteiger charge is 2.09. The molecule has 1 aromatic carbocycles. The molecular formula is C17H29NO2. The van der Waals surface area contributed by atoms with E-state index in [1.54, 1.807) is 0 Å². The number of benzene rings is 1. The first-order valence-corrected chi connectivity index (χ1v) is 7.69. The minimum atomic E-state index is 0.584. The Bertz CT molecular complexity index is 366. The number of para-hydroxylation sites is 2. The summed E-state index contributed by atoms with van der Waals surface area (Å²) in [5, 5.41) is 3.38. The van der Waals surface area contributed by atoms with Crippen LogP contribution in [0.5, 0.6) is 11.5 Å². The summed E-state index contributed by atoms with van der Waals surface area (Å²) in [5.41, 5.74) is 0. The average Bonchev–Trinajstić information content (AvgIpc) is 2.43. The SMILES string of the molecule is CCOc1ccccc1OCCCC(CC(C)C)NC. The Morgan fingerprint density at radius 3 is 2.30 bits per heavy atom. The molecule has 1 atom stereocenters. The lowest BCUT2D eigenvalue weighted by molar-refractivity contribution is 0.264. The molecule has 1 rings (SSSR count). The zero-order valence-electron chi connectivity index (χ0n) is 13.3. The van der Waals surface area contributed by atoms with E-state index in [9.17, 15) is 0 Å². The summed E-state index contributed by atoms with van der Waals surface area (Å²) >= 11 is 0. The first-order chi connectivity index (χ1) is 9.67. The lowest BCUT2D eigenvalue weighted by Gasteiger charge is -2.18. The second kappa shape index (κ2) is 9.65. The lowest BCUT2D eigenvalue weighted by atomic mass is 10.0. The van der Waals surface area contributed by atoms with E-state index in [2.05, 4.69) is 19.2 Å². The van der Waals surface area contributed by atoms with E-state index >= 15 is 0 Å². The molecule has 0 heterocycles. The first kappa shape index (κ1) is 16.8. The standard InChI is InChI=1S/C17H29NO2/c1-5-19-16-10-6-7-11-17(16)20-12-8-9-15(18-4)13-14(2)3/h6-7,10-11,14-15,18H,5,8-9,12-13H2,1-4H3. The number of nitrogens with one attached hydrogen (secondary N) is 1. The summed E-state index contributed by atoms with van der Waals surface area (Å²) in [6.07, 6.45) is 3.41. The molecule has 0 fully saturated rings. The Morgan fingerprint density at radius 2 is 1.75 bits per heavy atom. The van der Waals surface area contributed by atoms with Crippen LogP contribution in [0, 0.1) is 5.92 Å². The molecule has 0 bridgehead atoms. The molecule has 0 radical (unpaired) electrons. The van der Waals surface area contributed by atoms with Gasteiger partial charge in [-0.3, -0.25) is 0 Å². The first-order valence-electron chi connectivity index (χ1n) is 7.69. The van der Waals surface area contributed by atoms with Crippen LogP contribution >= 0.6 is 0 Å². The van der Waals surface area contributed by atoms with Crippen LogP contribution in [-0.4, -0.2) is 26.3 Å². The summed E-state index contributed by atoms with van der Waals surface area (Å²) in [4.78, 5) is 0. The van der Waals surface area contributed by atoms with Crippen LogP contribution < -0.4 is 14.8 Å². The van der Waals surface area contributed by atoms with Gasteiger partial charge in [-0.05, 0) is 51.3 Å². The van der Waals surface area contributed by atoms with E-state index in [0.717, 1.165) is 36.9 Å². The molecule has 1 N–H and O–H groups in total. The molecule has 114 valence electrons. The third kappa shape index (κ3) is 6.29. The molecule has 0 aliphatic carbocycles. The van der Waals surface area contributed by atoms with E-state index in [4.69, 9.17) is 9.47 Å². The summed E-state index contributed by atoms with van der Waals surface area (Å²) < 4.78 is 11.4. The van der Waals surface area contributed by atoms with Crippen LogP contribution in [-0.2, 0) is 0 Å². The highest BCUT2D eigenvalue weighted by molar-refractivity contribution is 5.39. The molecule has 0 saturated heterocycles. The molecule has 0 aliphatic heterocycles. The highest BCUT2D eigenvalue weighted by Crippen LogP contribution is 2.26. The van der Waals surface area contributed by atoms with Crippen molar-refractivity contribution in [3.05, 3.63) is 24.3 Å². The Kier molecular flexibility index (Phi) is 8.12. The van der Waals surface area contributed by atoms with Crippen molar-refractivity contribution in [2.24, 2.45) is 5.92 Å². The van der Waals surface area contributed by atoms with Crippen molar-refractivity contribution >= 4 is 0 Å². The molecule has 0 aromatic heterocycles. The predicted octanol–water partition coefficient (Wildman–Crippen LogP) is 3.88. The fraction of sp³-hybridized carbons (Fsp3) is 0.647. The summed E-state index contributed by atoms with van der Waals surface area (Å²) in [6, 6.07) is 8.45. The molecule has 1 unspecified atom stereocenters. The number of hydrogen-bond acceptors (Lipinski definition) is 3. The molecule has 0 aliphatic rings. The summed E-state index contributed by atoms with van der Waals surface area (Å²) in [7, 11) is 2.04. The van der Waals surface area contributed by atoms with Gasteiger partial charge in [0.2, 0.25) is 0 Å². The third-order valence-electron chi connectivity index (χ3n) is 3.27. The van der Waals surface area contributed by atoms with Crippen LogP contribution in [0.1, 0.15) is 40.0 Å². The van der Waals surface area contributed by atoms with Gasteiger partial charge in [-0.25, -0.2) is 0 Å². The number of ether oxygens (including phenoxy) is 2. The molecular weight excluding hydrogens is 250 g/mol. The van der Waals surface area contributed by atoms with E-state index < -0.39 is 0 Å². The van der Waals surface area contributed by atoms with Gasteiger partial charge in [0.25, 0.3) is 0 Å². The van der Waals surface area contributed by atoms with Gasteiger partial charge in [-0.15, -0.1) is 0 Å². The molecule has 0 spiro atoms. The van der Waals surface area contributed by atoms with Crippen molar-refractivity contribution in [2.45, 2.75) is 46.1 Å².